The molecule has 0 saturated carbocycles. The summed E-state index contributed by atoms with van der Waals surface area (Å²) in [7, 11) is 1.39. The van der Waals surface area contributed by atoms with Crippen molar-refractivity contribution in [3.05, 3.63) is 76.5 Å². The first kappa shape index (κ1) is 32.6. The molecule has 0 radical (unpaired) electrons. The molecule has 3 rings (SSSR count). The zero-order valence-electron chi connectivity index (χ0n) is 23.8. The number of hydrogen-bond donors (Lipinski definition) is 1. The standard InChI is InChI=1S/C29H32F6N4O3/c1-18-7-9-22(10-8-18)39-24(16-23(37-39)27(2,3)4)36-25(40)17-38(11-6-12-42-5)26(41)19-13-20(28(30,31)32)15-21(14-19)29(33,34)35/h7-10,13-16H,6,11-12,17H2,1-5H3,(H,36,40). The number of aromatic nitrogens is 2. The molecular weight excluding hydrogens is 566 g/mol. The third-order valence-electron chi connectivity index (χ3n) is 6.26. The molecule has 0 saturated heterocycles. The van der Waals surface area contributed by atoms with Crippen molar-refractivity contribution < 1.29 is 40.7 Å². The average Bonchev–Trinajstić information content (AvgIpc) is 3.31. The molecule has 0 atom stereocenters. The van der Waals surface area contributed by atoms with Gasteiger partial charge in [0.1, 0.15) is 12.4 Å². The van der Waals surface area contributed by atoms with E-state index in [2.05, 4.69) is 10.4 Å². The fourth-order valence-electron chi connectivity index (χ4n) is 3.99. The number of hydrogen-bond acceptors (Lipinski definition) is 4. The van der Waals surface area contributed by atoms with E-state index in [0.717, 1.165) is 10.5 Å². The molecule has 0 bridgehead atoms. The molecule has 1 heterocycles. The molecule has 0 aliphatic rings. The predicted molar refractivity (Wildman–Crippen MR) is 144 cm³/mol. The summed E-state index contributed by atoms with van der Waals surface area (Å²) in [5, 5.41) is 7.31. The Hall–Kier alpha value is -3.87. The molecule has 0 unspecified atom stereocenters. The molecular formula is C29H32F6N4O3. The molecule has 1 N–H and O–H groups in total. The number of halogens is 6. The van der Waals surface area contributed by atoms with Crippen molar-refractivity contribution in [2.45, 2.75) is 51.9 Å². The largest absolute Gasteiger partial charge is 0.416 e. The van der Waals surface area contributed by atoms with Gasteiger partial charge >= 0.3 is 12.4 Å². The number of alkyl halides is 6. The Morgan fingerprint density at radius 2 is 1.50 bits per heavy atom. The summed E-state index contributed by atoms with van der Waals surface area (Å²) in [4.78, 5) is 27.4. The number of benzene rings is 2. The Balaban J connectivity index is 1.95. The van der Waals surface area contributed by atoms with Crippen LogP contribution in [0, 0.1) is 6.92 Å². The molecule has 1 aromatic heterocycles. The van der Waals surface area contributed by atoms with Crippen LogP contribution in [0.2, 0.25) is 0 Å². The van der Waals surface area contributed by atoms with Crippen molar-refractivity contribution in [2.75, 3.05) is 32.1 Å². The molecule has 2 amide bonds. The van der Waals surface area contributed by atoms with Crippen LogP contribution >= 0.6 is 0 Å². The van der Waals surface area contributed by atoms with Crippen LogP contribution in [0.3, 0.4) is 0 Å². The van der Waals surface area contributed by atoms with Gasteiger partial charge in [0.15, 0.2) is 0 Å². The minimum atomic E-state index is -5.13. The lowest BCUT2D eigenvalue weighted by Crippen LogP contribution is -2.39. The van der Waals surface area contributed by atoms with Crippen molar-refractivity contribution in [1.29, 1.82) is 0 Å². The highest BCUT2D eigenvalue weighted by molar-refractivity contribution is 5.99. The molecule has 42 heavy (non-hydrogen) atoms. The van der Waals surface area contributed by atoms with Gasteiger partial charge in [0.25, 0.3) is 5.91 Å². The van der Waals surface area contributed by atoms with Crippen molar-refractivity contribution in [3.8, 4) is 5.69 Å². The van der Waals surface area contributed by atoms with E-state index in [1.165, 1.54) is 11.8 Å². The molecule has 2 aromatic carbocycles. The van der Waals surface area contributed by atoms with Crippen LogP contribution in [0.25, 0.3) is 5.69 Å². The Morgan fingerprint density at radius 3 is 2.00 bits per heavy atom. The summed E-state index contributed by atoms with van der Waals surface area (Å²) in [6, 6.07) is 9.63. The number of anilines is 1. The molecule has 0 fully saturated rings. The van der Waals surface area contributed by atoms with Gasteiger partial charge in [0.2, 0.25) is 5.91 Å². The van der Waals surface area contributed by atoms with Crippen molar-refractivity contribution in [2.24, 2.45) is 0 Å². The van der Waals surface area contributed by atoms with E-state index in [1.807, 2.05) is 39.8 Å². The van der Waals surface area contributed by atoms with Crippen LogP contribution in [-0.2, 0) is 27.3 Å². The van der Waals surface area contributed by atoms with Gasteiger partial charge in [0, 0.05) is 37.3 Å². The van der Waals surface area contributed by atoms with E-state index in [-0.39, 0.29) is 31.5 Å². The third-order valence-corrected chi connectivity index (χ3v) is 6.26. The quantitative estimate of drug-likeness (QED) is 0.222. The number of aryl methyl sites for hydroxylation is 1. The second kappa shape index (κ2) is 12.6. The Morgan fingerprint density at radius 1 is 0.929 bits per heavy atom. The van der Waals surface area contributed by atoms with Crippen molar-refractivity contribution >= 4 is 17.6 Å². The fourth-order valence-corrected chi connectivity index (χ4v) is 3.99. The van der Waals surface area contributed by atoms with E-state index in [4.69, 9.17) is 4.74 Å². The molecule has 0 aliphatic heterocycles. The lowest BCUT2D eigenvalue weighted by Gasteiger charge is -2.23. The second-order valence-corrected chi connectivity index (χ2v) is 10.8. The maximum absolute atomic E-state index is 13.4. The maximum Gasteiger partial charge on any atom is 0.416 e. The Labute approximate surface area is 239 Å². The molecule has 0 aliphatic carbocycles. The van der Waals surface area contributed by atoms with Gasteiger partial charge in [-0.2, -0.15) is 31.4 Å². The van der Waals surface area contributed by atoms with Gasteiger partial charge in [0.05, 0.1) is 22.5 Å². The van der Waals surface area contributed by atoms with E-state index in [1.54, 1.807) is 18.2 Å². The first-order valence-electron chi connectivity index (χ1n) is 13.0. The highest BCUT2D eigenvalue weighted by atomic mass is 19.4. The molecule has 7 nitrogen and oxygen atoms in total. The Kier molecular flexibility index (Phi) is 9.76. The summed E-state index contributed by atoms with van der Waals surface area (Å²) >= 11 is 0. The van der Waals surface area contributed by atoms with Crippen LogP contribution in [0.5, 0.6) is 0 Å². The number of rotatable bonds is 9. The highest BCUT2D eigenvalue weighted by Crippen LogP contribution is 2.36. The molecule has 228 valence electrons. The van der Waals surface area contributed by atoms with Crippen LogP contribution in [-0.4, -0.2) is 53.3 Å². The summed E-state index contributed by atoms with van der Waals surface area (Å²) in [5.74, 6) is -1.62. The lowest BCUT2D eigenvalue weighted by atomic mass is 9.92. The van der Waals surface area contributed by atoms with Crippen LogP contribution in [0.1, 0.15) is 59.9 Å². The summed E-state index contributed by atoms with van der Waals surface area (Å²) < 4.78 is 86.9. The maximum atomic E-state index is 13.4. The summed E-state index contributed by atoms with van der Waals surface area (Å²) in [6.45, 7) is 7.03. The third kappa shape index (κ3) is 8.34. The smallest absolute Gasteiger partial charge is 0.385 e. The van der Waals surface area contributed by atoms with Gasteiger partial charge in [-0.1, -0.05) is 38.5 Å². The van der Waals surface area contributed by atoms with Gasteiger partial charge in [-0.05, 0) is 43.7 Å². The number of ether oxygens (including phenoxy) is 1. The molecule has 3 aromatic rings. The van der Waals surface area contributed by atoms with Crippen LogP contribution in [0.4, 0.5) is 32.2 Å². The van der Waals surface area contributed by atoms with Crippen LogP contribution in [0.15, 0.2) is 48.5 Å². The monoisotopic (exact) mass is 598 g/mol. The summed E-state index contributed by atoms with van der Waals surface area (Å²) in [5.41, 5.74) is -2.20. The lowest BCUT2D eigenvalue weighted by molar-refractivity contribution is -0.143. The SMILES string of the molecule is COCCCN(CC(=O)Nc1cc(C(C)(C)C)nn1-c1ccc(C)cc1)C(=O)c1cc(C(F)(F)F)cc(C(F)(F)F)c1. The van der Waals surface area contributed by atoms with E-state index < -0.39 is 52.8 Å². The number of methoxy groups -OCH3 is 1. The van der Waals surface area contributed by atoms with Gasteiger partial charge in [-0.15, -0.1) is 0 Å². The van der Waals surface area contributed by atoms with Gasteiger partial charge < -0.3 is 15.0 Å². The minimum Gasteiger partial charge on any atom is -0.385 e. The molecule has 13 heteroatoms. The molecule has 0 spiro atoms. The number of nitrogens with zero attached hydrogens (tertiary/aromatic N) is 3. The second-order valence-electron chi connectivity index (χ2n) is 10.8. The van der Waals surface area contributed by atoms with Gasteiger partial charge in [-0.3, -0.25) is 9.59 Å². The first-order valence-corrected chi connectivity index (χ1v) is 13.0. The topological polar surface area (TPSA) is 76.5 Å². The number of carbonyl (C=O) groups is 2. The van der Waals surface area contributed by atoms with Crippen molar-refractivity contribution in [1.82, 2.24) is 14.7 Å². The predicted octanol–water partition coefficient (Wildman–Crippen LogP) is 6.63. The minimum absolute atomic E-state index is 0.0578. The average molecular weight is 599 g/mol. The summed E-state index contributed by atoms with van der Waals surface area (Å²) in [6.07, 6.45) is -10.1. The van der Waals surface area contributed by atoms with E-state index in [9.17, 15) is 35.9 Å². The highest BCUT2D eigenvalue weighted by Gasteiger charge is 2.38. The van der Waals surface area contributed by atoms with Crippen LogP contribution < -0.4 is 5.32 Å². The number of nitrogens with one attached hydrogen (secondary N) is 1. The van der Waals surface area contributed by atoms with Gasteiger partial charge in [-0.25, -0.2) is 4.68 Å². The number of carbonyl (C=O) groups excluding carboxylic acids is 2. The first-order chi connectivity index (χ1) is 19.4. The zero-order chi connectivity index (χ0) is 31.5. The Bertz CT molecular complexity index is 1370. The fraction of sp³-hybridized carbons (Fsp3) is 0.414. The zero-order valence-corrected chi connectivity index (χ0v) is 23.8. The van der Waals surface area contributed by atoms with Crippen molar-refractivity contribution in [3.63, 3.8) is 0 Å². The normalized spacial score (nSPS) is 12.4. The number of amides is 2. The van der Waals surface area contributed by atoms with E-state index >= 15 is 0 Å². The van der Waals surface area contributed by atoms with E-state index in [0.29, 0.717) is 23.5 Å².